The number of hydrogen-bond acceptors (Lipinski definition) is 7. The molecule has 2 aromatic rings. The van der Waals surface area contributed by atoms with Crippen molar-refractivity contribution in [1.82, 2.24) is 20.5 Å². The van der Waals surface area contributed by atoms with E-state index in [2.05, 4.69) is 20.6 Å². The van der Waals surface area contributed by atoms with E-state index in [1.54, 1.807) is 11.1 Å². The van der Waals surface area contributed by atoms with E-state index in [0.29, 0.717) is 51.6 Å². The summed E-state index contributed by atoms with van der Waals surface area (Å²) in [6.07, 6.45) is 5.20. The Hall–Kier alpha value is -4.26. The number of pyridine rings is 1. The molecule has 1 fully saturated rings. The number of carbonyl (C=O) groups is 4. The van der Waals surface area contributed by atoms with Gasteiger partial charge in [-0.2, -0.15) is 0 Å². The second-order valence-corrected chi connectivity index (χ2v) is 10.2. The maximum atomic E-state index is 13.4. The fraction of sp³-hybridized carbons (Fsp3) is 0.500. The Labute approximate surface area is 239 Å². The molecule has 1 saturated heterocycles. The largest absolute Gasteiger partial charge is 0.370 e. The first kappa shape index (κ1) is 31.3. The number of unbranched alkanes of at least 4 members (excludes halogenated alkanes) is 1. The molecular formula is C28H41N9O4. The van der Waals surface area contributed by atoms with Crippen LogP contribution in [-0.4, -0.2) is 77.2 Å². The SMILES string of the molecule is NCCCC[C@H](NC(=O)[C@@H]1CCCN1C(=O)Cc1cccc2ncccc12)C(=O)N[C@@H](CCCN=C(N)N)C(N)=O. The molecule has 0 spiro atoms. The molecule has 0 aliphatic carbocycles. The van der Waals surface area contributed by atoms with Crippen molar-refractivity contribution in [1.29, 1.82) is 0 Å². The fourth-order valence-corrected chi connectivity index (χ4v) is 5.01. The van der Waals surface area contributed by atoms with Crippen molar-refractivity contribution in [2.45, 2.75) is 69.5 Å². The molecule has 0 unspecified atom stereocenters. The van der Waals surface area contributed by atoms with Gasteiger partial charge in [0.05, 0.1) is 11.9 Å². The highest BCUT2D eigenvalue weighted by atomic mass is 16.2. The molecule has 2 heterocycles. The van der Waals surface area contributed by atoms with Crippen LogP contribution in [0.5, 0.6) is 0 Å². The molecule has 222 valence electrons. The average molecular weight is 568 g/mol. The van der Waals surface area contributed by atoms with E-state index in [1.165, 1.54) is 0 Å². The maximum Gasteiger partial charge on any atom is 0.243 e. The lowest BCUT2D eigenvalue weighted by Gasteiger charge is -2.27. The van der Waals surface area contributed by atoms with E-state index in [1.807, 2.05) is 30.3 Å². The number of primary amides is 1. The van der Waals surface area contributed by atoms with Gasteiger partial charge >= 0.3 is 0 Å². The molecule has 13 heteroatoms. The zero-order valence-corrected chi connectivity index (χ0v) is 23.3. The first-order valence-corrected chi connectivity index (χ1v) is 14.0. The number of aliphatic imine (C=N–C) groups is 1. The highest BCUT2D eigenvalue weighted by Crippen LogP contribution is 2.22. The van der Waals surface area contributed by atoms with Gasteiger partial charge in [-0.1, -0.05) is 18.2 Å². The van der Waals surface area contributed by atoms with Crippen molar-refractivity contribution < 1.29 is 19.2 Å². The molecule has 1 aromatic carbocycles. The number of benzene rings is 1. The summed E-state index contributed by atoms with van der Waals surface area (Å²) < 4.78 is 0. The highest BCUT2D eigenvalue weighted by Gasteiger charge is 2.36. The lowest BCUT2D eigenvalue weighted by atomic mass is 10.0. The van der Waals surface area contributed by atoms with Gasteiger partial charge in [-0.3, -0.25) is 29.2 Å². The van der Waals surface area contributed by atoms with Gasteiger partial charge in [0.15, 0.2) is 5.96 Å². The van der Waals surface area contributed by atoms with Crippen LogP contribution in [0, 0.1) is 0 Å². The summed E-state index contributed by atoms with van der Waals surface area (Å²) in [5, 5.41) is 6.37. The predicted octanol–water partition coefficient (Wildman–Crippen LogP) is -0.594. The topological polar surface area (TPSA) is 225 Å². The molecule has 0 saturated carbocycles. The number of amides is 4. The zero-order valence-electron chi connectivity index (χ0n) is 23.3. The van der Waals surface area contributed by atoms with Crippen molar-refractivity contribution in [2.75, 3.05) is 19.6 Å². The molecule has 0 bridgehead atoms. The number of hydrogen-bond donors (Lipinski definition) is 6. The zero-order chi connectivity index (χ0) is 29.8. The molecule has 41 heavy (non-hydrogen) atoms. The number of carbonyl (C=O) groups excluding carboxylic acids is 4. The van der Waals surface area contributed by atoms with Crippen LogP contribution >= 0.6 is 0 Å². The van der Waals surface area contributed by atoms with E-state index in [4.69, 9.17) is 22.9 Å². The molecule has 13 nitrogen and oxygen atoms in total. The van der Waals surface area contributed by atoms with Gasteiger partial charge in [-0.05, 0) is 69.2 Å². The number of rotatable bonds is 15. The van der Waals surface area contributed by atoms with Gasteiger partial charge in [-0.25, -0.2) is 0 Å². The minimum atomic E-state index is -0.953. The standard InChI is InChI=1S/C28H41N9O4/c29-13-2-1-9-22(26(40)35-21(25(30)39)11-5-15-34-28(31)32)36-27(41)23-12-6-16-37(23)24(38)17-18-7-3-10-20-19(18)8-4-14-33-20/h3-4,7-8,10,14,21-23H,1-2,5-6,9,11-13,15-17,29H2,(H2,30,39)(H,35,40)(H,36,41)(H4,31,32,34)/t21-,22-,23-/m0/s1. The number of aromatic nitrogens is 1. The van der Waals surface area contributed by atoms with Crippen LogP contribution in [0.25, 0.3) is 10.9 Å². The third-order valence-corrected chi connectivity index (χ3v) is 7.14. The Kier molecular flexibility index (Phi) is 11.8. The number of nitrogens with two attached hydrogens (primary N) is 4. The molecule has 3 atom stereocenters. The normalized spacial score (nSPS) is 16.1. The summed E-state index contributed by atoms with van der Waals surface area (Å²) in [6, 6.07) is 6.80. The summed E-state index contributed by atoms with van der Waals surface area (Å²) in [6.45, 7) is 1.16. The number of nitrogens with zero attached hydrogens (tertiary/aromatic N) is 3. The first-order valence-electron chi connectivity index (χ1n) is 14.0. The molecule has 4 amide bonds. The van der Waals surface area contributed by atoms with E-state index in [-0.39, 0.29) is 31.3 Å². The third kappa shape index (κ3) is 9.13. The Morgan fingerprint density at radius 3 is 2.51 bits per heavy atom. The summed E-state index contributed by atoms with van der Waals surface area (Å²) in [7, 11) is 0. The van der Waals surface area contributed by atoms with E-state index < -0.39 is 35.8 Å². The van der Waals surface area contributed by atoms with Crippen LogP contribution in [0.3, 0.4) is 0 Å². The van der Waals surface area contributed by atoms with Gasteiger partial charge in [0.25, 0.3) is 0 Å². The summed E-state index contributed by atoms with van der Waals surface area (Å²) in [5.41, 5.74) is 23.4. The van der Waals surface area contributed by atoms with Crippen molar-refractivity contribution in [2.24, 2.45) is 27.9 Å². The highest BCUT2D eigenvalue weighted by molar-refractivity contribution is 5.95. The summed E-state index contributed by atoms with van der Waals surface area (Å²) >= 11 is 0. The van der Waals surface area contributed by atoms with Crippen molar-refractivity contribution in [3.63, 3.8) is 0 Å². The van der Waals surface area contributed by atoms with E-state index in [9.17, 15) is 19.2 Å². The molecule has 1 aliphatic heterocycles. The maximum absolute atomic E-state index is 13.4. The van der Waals surface area contributed by atoms with Crippen molar-refractivity contribution >= 4 is 40.5 Å². The first-order chi connectivity index (χ1) is 19.7. The van der Waals surface area contributed by atoms with Gasteiger partial charge < -0.3 is 38.5 Å². The van der Waals surface area contributed by atoms with Gasteiger partial charge in [0.2, 0.25) is 23.6 Å². The predicted molar refractivity (Wildman–Crippen MR) is 156 cm³/mol. The number of nitrogens with one attached hydrogen (secondary N) is 2. The molecule has 0 radical (unpaired) electrons. The second-order valence-electron chi connectivity index (χ2n) is 10.2. The Bertz CT molecular complexity index is 1240. The minimum Gasteiger partial charge on any atom is -0.370 e. The summed E-state index contributed by atoms with van der Waals surface area (Å²) in [4.78, 5) is 61.8. The van der Waals surface area contributed by atoms with Gasteiger partial charge in [0.1, 0.15) is 18.1 Å². The number of guanidine groups is 1. The summed E-state index contributed by atoms with van der Waals surface area (Å²) in [5.74, 6) is -1.88. The van der Waals surface area contributed by atoms with E-state index in [0.717, 1.165) is 16.5 Å². The van der Waals surface area contributed by atoms with Crippen molar-refractivity contribution in [3.8, 4) is 0 Å². The van der Waals surface area contributed by atoms with Gasteiger partial charge in [0, 0.05) is 24.7 Å². The van der Waals surface area contributed by atoms with Crippen LogP contribution in [-0.2, 0) is 25.6 Å². The molecule has 1 aliphatic rings. The lowest BCUT2D eigenvalue weighted by molar-refractivity contribution is -0.139. The fourth-order valence-electron chi connectivity index (χ4n) is 5.01. The van der Waals surface area contributed by atoms with Crippen LogP contribution in [0.15, 0.2) is 41.5 Å². The second kappa shape index (κ2) is 15.5. The van der Waals surface area contributed by atoms with Crippen LogP contribution in [0.2, 0.25) is 0 Å². The van der Waals surface area contributed by atoms with Crippen LogP contribution < -0.4 is 33.6 Å². The smallest absolute Gasteiger partial charge is 0.243 e. The third-order valence-electron chi connectivity index (χ3n) is 7.14. The molecule has 3 rings (SSSR count). The Balaban J connectivity index is 1.67. The van der Waals surface area contributed by atoms with Crippen LogP contribution in [0.1, 0.15) is 50.5 Å². The number of likely N-dealkylation sites (tertiary alicyclic amines) is 1. The quantitative estimate of drug-likeness (QED) is 0.0923. The Morgan fingerprint density at radius 1 is 1.00 bits per heavy atom. The minimum absolute atomic E-state index is 0.0686. The van der Waals surface area contributed by atoms with Gasteiger partial charge in [-0.15, -0.1) is 0 Å². The molecule has 1 aromatic heterocycles. The molecule has 10 N–H and O–H groups in total. The van der Waals surface area contributed by atoms with Crippen LogP contribution in [0.4, 0.5) is 0 Å². The van der Waals surface area contributed by atoms with E-state index >= 15 is 0 Å². The lowest BCUT2D eigenvalue weighted by Crippen LogP contribution is -2.56. The number of fused-ring (bicyclic) bond motifs is 1. The monoisotopic (exact) mass is 567 g/mol. The Morgan fingerprint density at radius 2 is 1.78 bits per heavy atom. The molecular weight excluding hydrogens is 526 g/mol. The van der Waals surface area contributed by atoms with Crippen molar-refractivity contribution in [3.05, 3.63) is 42.1 Å². The average Bonchev–Trinajstić information content (AvgIpc) is 3.44.